The van der Waals surface area contributed by atoms with Crippen LogP contribution in [0.5, 0.6) is 0 Å². The molecule has 110 valence electrons. The molecule has 0 aliphatic heterocycles. The maximum absolute atomic E-state index is 2.22. The van der Waals surface area contributed by atoms with E-state index in [9.17, 15) is 0 Å². The molecule has 0 amide bonds. The average molecular weight is 294 g/mol. The van der Waals surface area contributed by atoms with E-state index in [0.29, 0.717) is 0 Å². The van der Waals surface area contributed by atoms with Crippen molar-refractivity contribution in [1.29, 1.82) is 0 Å². The molecule has 0 fully saturated rings. The van der Waals surface area contributed by atoms with Crippen molar-refractivity contribution >= 4 is 10.8 Å². The van der Waals surface area contributed by atoms with Crippen LogP contribution >= 0.6 is 0 Å². The van der Waals surface area contributed by atoms with Crippen molar-refractivity contribution in [3.05, 3.63) is 96.6 Å². The highest BCUT2D eigenvalue weighted by atomic mass is 14.1. The van der Waals surface area contributed by atoms with Crippen molar-refractivity contribution in [3.63, 3.8) is 0 Å². The van der Waals surface area contributed by atoms with E-state index in [1.54, 1.807) is 0 Å². The van der Waals surface area contributed by atoms with Crippen LogP contribution in [0.25, 0.3) is 33.0 Å². The van der Waals surface area contributed by atoms with Gasteiger partial charge in [-0.2, -0.15) is 0 Å². The van der Waals surface area contributed by atoms with E-state index in [4.69, 9.17) is 0 Å². The van der Waals surface area contributed by atoms with Crippen LogP contribution in [0.4, 0.5) is 0 Å². The second kappa shape index (κ2) is 5.73. The van der Waals surface area contributed by atoms with Crippen molar-refractivity contribution in [3.8, 4) is 22.3 Å². The van der Waals surface area contributed by atoms with Crippen molar-refractivity contribution in [2.24, 2.45) is 0 Å². The number of aryl methyl sites for hydroxylation is 1. The van der Waals surface area contributed by atoms with Gasteiger partial charge in [-0.25, -0.2) is 0 Å². The van der Waals surface area contributed by atoms with Crippen LogP contribution in [0.15, 0.2) is 91.0 Å². The van der Waals surface area contributed by atoms with Gasteiger partial charge < -0.3 is 0 Å². The molecule has 0 atom stereocenters. The lowest BCUT2D eigenvalue weighted by Gasteiger charge is -2.12. The van der Waals surface area contributed by atoms with E-state index in [1.165, 1.54) is 38.6 Å². The Kier molecular flexibility index (Phi) is 3.44. The Labute approximate surface area is 137 Å². The van der Waals surface area contributed by atoms with E-state index in [-0.39, 0.29) is 0 Å². The van der Waals surface area contributed by atoms with Gasteiger partial charge >= 0.3 is 0 Å². The van der Waals surface area contributed by atoms with Crippen molar-refractivity contribution in [1.82, 2.24) is 0 Å². The fraction of sp³-hybridized carbons (Fsp3) is 0.0435. The Morgan fingerprint density at radius 3 is 1.65 bits per heavy atom. The first-order valence-electron chi connectivity index (χ1n) is 7.97. The summed E-state index contributed by atoms with van der Waals surface area (Å²) in [5, 5.41) is 2.61. The van der Waals surface area contributed by atoms with Gasteiger partial charge in [-0.1, -0.05) is 96.6 Å². The minimum atomic E-state index is 1.26. The first kappa shape index (κ1) is 13.8. The molecule has 0 aliphatic rings. The first-order chi connectivity index (χ1) is 11.3. The molecule has 4 aromatic rings. The number of fused-ring (bicyclic) bond motifs is 1. The van der Waals surface area contributed by atoms with Gasteiger partial charge in [0.15, 0.2) is 0 Å². The smallest absolute Gasteiger partial charge is 0.00268 e. The topological polar surface area (TPSA) is 0 Å². The molecule has 0 heteroatoms. The number of benzene rings is 4. The standard InChI is InChI=1S/C23H18/c1-17-13-15-19(16-14-17)22-12-6-10-20-9-5-11-21(23(20)22)18-7-3-2-4-8-18/h2-16H,1H3. The van der Waals surface area contributed by atoms with Crippen LogP contribution in [0.2, 0.25) is 0 Å². The molecular formula is C23H18. The summed E-state index contributed by atoms with van der Waals surface area (Å²) in [4.78, 5) is 0. The molecule has 0 spiro atoms. The molecule has 4 aromatic carbocycles. The summed E-state index contributed by atoms with van der Waals surface area (Å²) in [5.74, 6) is 0. The average Bonchev–Trinajstić information content (AvgIpc) is 2.62. The zero-order chi connectivity index (χ0) is 15.6. The van der Waals surface area contributed by atoms with Crippen LogP contribution in [0, 0.1) is 6.92 Å². The lowest BCUT2D eigenvalue weighted by molar-refractivity contribution is 1.47. The second-order valence-corrected chi connectivity index (χ2v) is 5.94. The summed E-state index contributed by atoms with van der Waals surface area (Å²) in [6, 6.07) is 32.5. The van der Waals surface area contributed by atoms with E-state index >= 15 is 0 Å². The first-order valence-corrected chi connectivity index (χ1v) is 7.97. The number of rotatable bonds is 2. The van der Waals surface area contributed by atoms with Gasteiger partial charge in [-0.15, -0.1) is 0 Å². The highest BCUT2D eigenvalue weighted by Gasteiger charge is 2.09. The Balaban J connectivity index is 2.04. The molecule has 0 saturated heterocycles. The number of hydrogen-bond acceptors (Lipinski definition) is 0. The van der Waals surface area contributed by atoms with E-state index in [0.717, 1.165) is 0 Å². The van der Waals surface area contributed by atoms with Crippen LogP contribution in [0.1, 0.15) is 5.56 Å². The molecule has 23 heavy (non-hydrogen) atoms. The molecule has 0 saturated carbocycles. The van der Waals surface area contributed by atoms with Crippen LogP contribution in [-0.4, -0.2) is 0 Å². The molecule has 0 aliphatic carbocycles. The summed E-state index contributed by atoms with van der Waals surface area (Å²) in [6.45, 7) is 2.13. The highest BCUT2D eigenvalue weighted by Crippen LogP contribution is 2.36. The Morgan fingerprint density at radius 1 is 0.478 bits per heavy atom. The van der Waals surface area contributed by atoms with Gasteiger partial charge in [0, 0.05) is 0 Å². The van der Waals surface area contributed by atoms with Crippen LogP contribution in [-0.2, 0) is 0 Å². The van der Waals surface area contributed by atoms with E-state index < -0.39 is 0 Å². The Bertz CT molecular complexity index is 943. The van der Waals surface area contributed by atoms with E-state index in [1.807, 2.05) is 0 Å². The molecule has 0 radical (unpaired) electrons. The largest absolute Gasteiger partial charge is 0.0622 e. The SMILES string of the molecule is Cc1ccc(-c2cccc3cccc(-c4ccccc4)c23)cc1. The third-order valence-electron chi connectivity index (χ3n) is 4.35. The lowest BCUT2D eigenvalue weighted by atomic mass is 9.91. The number of hydrogen-bond donors (Lipinski definition) is 0. The van der Waals surface area contributed by atoms with Gasteiger partial charge in [-0.05, 0) is 39.9 Å². The van der Waals surface area contributed by atoms with Gasteiger partial charge in [0.25, 0.3) is 0 Å². The Hall–Kier alpha value is -2.86. The summed E-state index contributed by atoms with van der Waals surface area (Å²) >= 11 is 0. The summed E-state index contributed by atoms with van der Waals surface area (Å²) in [5.41, 5.74) is 6.40. The normalized spacial score (nSPS) is 10.8. The highest BCUT2D eigenvalue weighted by molar-refractivity contribution is 6.06. The molecular weight excluding hydrogens is 276 g/mol. The van der Waals surface area contributed by atoms with Gasteiger partial charge in [-0.3, -0.25) is 0 Å². The van der Waals surface area contributed by atoms with Gasteiger partial charge in [0.05, 0.1) is 0 Å². The fourth-order valence-electron chi connectivity index (χ4n) is 3.17. The minimum absolute atomic E-state index is 1.26. The van der Waals surface area contributed by atoms with Crippen LogP contribution in [0.3, 0.4) is 0 Å². The minimum Gasteiger partial charge on any atom is -0.0622 e. The van der Waals surface area contributed by atoms with E-state index in [2.05, 4.69) is 97.9 Å². The quantitative estimate of drug-likeness (QED) is 0.397. The van der Waals surface area contributed by atoms with Crippen molar-refractivity contribution in [2.45, 2.75) is 6.92 Å². The maximum atomic E-state index is 2.22. The predicted molar refractivity (Wildman–Crippen MR) is 99.6 cm³/mol. The second-order valence-electron chi connectivity index (χ2n) is 5.94. The van der Waals surface area contributed by atoms with Crippen molar-refractivity contribution < 1.29 is 0 Å². The maximum Gasteiger partial charge on any atom is -0.00268 e. The molecule has 0 N–H and O–H groups in total. The lowest BCUT2D eigenvalue weighted by Crippen LogP contribution is -1.86. The molecule has 0 bridgehead atoms. The molecule has 4 rings (SSSR count). The monoisotopic (exact) mass is 294 g/mol. The third-order valence-corrected chi connectivity index (χ3v) is 4.35. The third kappa shape index (κ3) is 2.53. The van der Waals surface area contributed by atoms with Gasteiger partial charge in [0.1, 0.15) is 0 Å². The predicted octanol–water partition coefficient (Wildman–Crippen LogP) is 6.48. The van der Waals surface area contributed by atoms with Crippen molar-refractivity contribution in [2.75, 3.05) is 0 Å². The molecule has 0 unspecified atom stereocenters. The molecule has 0 nitrogen and oxygen atoms in total. The summed E-state index contributed by atoms with van der Waals surface area (Å²) in [6.07, 6.45) is 0. The fourth-order valence-corrected chi connectivity index (χ4v) is 3.17. The zero-order valence-corrected chi connectivity index (χ0v) is 13.2. The summed E-state index contributed by atoms with van der Waals surface area (Å²) in [7, 11) is 0. The summed E-state index contributed by atoms with van der Waals surface area (Å²) < 4.78 is 0. The zero-order valence-electron chi connectivity index (χ0n) is 13.2. The van der Waals surface area contributed by atoms with Crippen LogP contribution < -0.4 is 0 Å². The molecule has 0 aromatic heterocycles. The Morgan fingerprint density at radius 2 is 1.04 bits per heavy atom. The molecule has 0 heterocycles. The van der Waals surface area contributed by atoms with Gasteiger partial charge in [0.2, 0.25) is 0 Å².